The molecule has 11 heteroatoms. The van der Waals surface area contributed by atoms with E-state index < -0.39 is 26.8 Å². The van der Waals surface area contributed by atoms with Crippen molar-refractivity contribution >= 4 is 50.7 Å². The highest BCUT2D eigenvalue weighted by Gasteiger charge is 2.33. The third kappa shape index (κ3) is 7.15. The molecule has 0 saturated heterocycles. The smallest absolute Gasteiger partial charge is 0.325 e. The highest BCUT2D eigenvalue weighted by Crippen LogP contribution is 2.36. The third-order valence-electron chi connectivity index (χ3n) is 4.32. The molecule has 174 valence electrons. The van der Waals surface area contributed by atoms with Crippen LogP contribution in [0.1, 0.15) is 11.1 Å². The van der Waals surface area contributed by atoms with Gasteiger partial charge in [0.25, 0.3) is 10.0 Å². The molecular weight excluding hydrogens is 497 g/mol. The maximum absolute atomic E-state index is 13.0. The van der Waals surface area contributed by atoms with Crippen molar-refractivity contribution < 1.29 is 26.4 Å². The van der Waals surface area contributed by atoms with Crippen LogP contribution in [0.4, 0.5) is 24.5 Å². The molecular formula is C22H18ClF3N2O3S2. The Morgan fingerprint density at radius 2 is 1.58 bits per heavy atom. The molecule has 0 unspecified atom stereocenters. The number of nitrogens with one attached hydrogen (secondary N) is 2. The highest BCUT2D eigenvalue weighted by atomic mass is 35.5. The number of thioether (sulfide) groups is 1. The molecule has 0 spiro atoms. The summed E-state index contributed by atoms with van der Waals surface area (Å²) in [4.78, 5) is 11.9. The Labute approximate surface area is 198 Å². The van der Waals surface area contributed by atoms with Crippen molar-refractivity contribution in [2.24, 2.45) is 0 Å². The van der Waals surface area contributed by atoms with Gasteiger partial charge in [-0.25, -0.2) is 8.42 Å². The quantitative estimate of drug-likeness (QED) is 0.385. The second-order valence-electron chi connectivity index (χ2n) is 6.85. The zero-order chi connectivity index (χ0) is 24.1. The number of sulfonamides is 1. The molecule has 3 rings (SSSR count). The van der Waals surface area contributed by atoms with Gasteiger partial charge in [0.15, 0.2) is 0 Å². The SMILES string of the molecule is O=C(CSCc1ccccc1)Nc1ccc(S(=O)(=O)Nc2ccc(Cl)c(C(F)(F)F)c2)cc1. The van der Waals surface area contributed by atoms with Crippen molar-refractivity contribution in [1.29, 1.82) is 0 Å². The molecule has 3 aromatic rings. The van der Waals surface area contributed by atoms with Crippen molar-refractivity contribution in [2.75, 3.05) is 15.8 Å². The lowest BCUT2D eigenvalue weighted by Gasteiger charge is -2.13. The molecule has 0 atom stereocenters. The molecule has 3 aromatic carbocycles. The summed E-state index contributed by atoms with van der Waals surface area (Å²) in [6.45, 7) is 0. The van der Waals surface area contributed by atoms with Crippen molar-refractivity contribution in [3.05, 3.63) is 88.9 Å². The fourth-order valence-corrected chi connectivity index (χ4v) is 4.83. The fourth-order valence-electron chi connectivity index (χ4n) is 2.77. The minimum atomic E-state index is -4.72. The van der Waals surface area contributed by atoms with Crippen LogP contribution < -0.4 is 10.0 Å². The summed E-state index contributed by atoms with van der Waals surface area (Å²) < 4.78 is 66.2. The van der Waals surface area contributed by atoms with Gasteiger partial charge in [0.2, 0.25) is 5.91 Å². The first-order valence-corrected chi connectivity index (χ1v) is 12.5. The Bertz CT molecular complexity index is 1220. The average Bonchev–Trinajstić information content (AvgIpc) is 2.75. The van der Waals surface area contributed by atoms with Crippen LogP contribution in [0.2, 0.25) is 5.02 Å². The second kappa shape index (κ2) is 10.5. The van der Waals surface area contributed by atoms with Crippen LogP contribution in [0.3, 0.4) is 0 Å². The summed E-state index contributed by atoms with van der Waals surface area (Å²) in [5, 5.41) is 2.14. The van der Waals surface area contributed by atoms with Crippen molar-refractivity contribution in [3.63, 3.8) is 0 Å². The number of amides is 1. The second-order valence-corrected chi connectivity index (χ2v) is 9.92. The Morgan fingerprint density at radius 3 is 2.21 bits per heavy atom. The van der Waals surface area contributed by atoms with Gasteiger partial charge in [-0.3, -0.25) is 9.52 Å². The number of anilines is 2. The lowest BCUT2D eigenvalue weighted by Crippen LogP contribution is -2.16. The lowest BCUT2D eigenvalue weighted by molar-refractivity contribution is -0.137. The van der Waals surface area contributed by atoms with E-state index in [1.165, 1.54) is 36.0 Å². The molecule has 5 nitrogen and oxygen atoms in total. The number of carbonyl (C=O) groups excluding carboxylic acids is 1. The van der Waals surface area contributed by atoms with E-state index in [1.807, 2.05) is 30.3 Å². The summed E-state index contributed by atoms with van der Waals surface area (Å²) in [5.74, 6) is 0.650. The monoisotopic (exact) mass is 514 g/mol. The van der Waals surface area contributed by atoms with E-state index in [2.05, 4.69) is 10.0 Å². The molecule has 0 radical (unpaired) electrons. The summed E-state index contributed by atoms with van der Waals surface area (Å²) >= 11 is 7.00. The molecule has 0 saturated carbocycles. The topological polar surface area (TPSA) is 75.3 Å². The first kappa shape index (κ1) is 24.9. The van der Waals surface area contributed by atoms with Gasteiger partial charge in [0, 0.05) is 17.1 Å². The van der Waals surface area contributed by atoms with E-state index in [-0.39, 0.29) is 22.2 Å². The van der Waals surface area contributed by atoms with Crippen LogP contribution in [0.15, 0.2) is 77.7 Å². The summed E-state index contributed by atoms with van der Waals surface area (Å²) in [6, 6.07) is 17.7. The number of hydrogen-bond acceptors (Lipinski definition) is 4. The minimum absolute atomic E-state index is 0.178. The van der Waals surface area contributed by atoms with Gasteiger partial charge in [-0.1, -0.05) is 41.9 Å². The van der Waals surface area contributed by atoms with Crippen LogP contribution >= 0.6 is 23.4 Å². The number of benzene rings is 3. The normalized spacial score (nSPS) is 11.8. The van der Waals surface area contributed by atoms with Crippen molar-refractivity contribution in [3.8, 4) is 0 Å². The molecule has 0 bridgehead atoms. The van der Waals surface area contributed by atoms with Crippen molar-refractivity contribution in [1.82, 2.24) is 0 Å². The predicted molar refractivity (Wildman–Crippen MR) is 125 cm³/mol. The number of rotatable bonds is 8. The Morgan fingerprint density at radius 1 is 0.939 bits per heavy atom. The summed E-state index contributed by atoms with van der Waals surface area (Å²) in [5.41, 5.74) is 0.0672. The number of carbonyl (C=O) groups is 1. The fraction of sp³-hybridized carbons (Fsp3) is 0.136. The van der Waals surface area contributed by atoms with Crippen LogP contribution in [0.5, 0.6) is 0 Å². The van der Waals surface area contributed by atoms with Gasteiger partial charge >= 0.3 is 6.18 Å². The maximum atomic E-state index is 13.0. The van der Waals surface area contributed by atoms with Crippen LogP contribution in [-0.4, -0.2) is 20.1 Å². The molecule has 2 N–H and O–H groups in total. The first-order chi connectivity index (χ1) is 15.5. The number of halogens is 4. The van der Waals surface area contributed by atoms with E-state index in [0.29, 0.717) is 17.5 Å². The predicted octanol–water partition coefficient (Wildman–Crippen LogP) is 6.03. The highest BCUT2D eigenvalue weighted by molar-refractivity contribution is 7.99. The van der Waals surface area contributed by atoms with E-state index in [9.17, 15) is 26.4 Å². The van der Waals surface area contributed by atoms with Crippen LogP contribution in [-0.2, 0) is 26.7 Å². The molecule has 0 aromatic heterocycles. The average molecular weight is 515 g/mol. The Kier molecular flexibility index (Phi) is 7.93. The van der Waals surface area contributed by atoms with Gasteiger partial charge in [0.1, 0.15) is 0 Å². The van der Waals surface area contributed by atoms with Gasteiger partial charge < -0.3 is 5.32 Å². The summed E-state index contributed by atoms with van der Waals surface area (Å²) in [6.07, 6.45) is -4.72. The zero-order valence-electron chi connectivity index (χ0n) is 16.9. The Balaban J connectivity index is 1.60. The van der Waals surface area contributed by atoms with Crippen LogP contribution in [0.25, 0.3) is 0 Å². The van der Waals surface area contributed by atoms with E-state index in [1.54, 1.807) is 0 Å². The van der Waals surface area contributed by atoms with E-state index in [0.717, 1.165) is 17.7 Å². The Hall–Kier alpha value is -2.69. The van der Waals surface area contributed by atoms with Gasteiger partial charge in [0.05, 0.1) is 21.2 Å². The molecule has 0 aliphatic heterocycles. The zero-order valence-corrected chi connectivity index (χ0v) is 19.3. The third-order valence-corrected chi connectivity index (χ3v) is 7.05. The van der Waals surface area contributed by atoms with Crippen molar-refractivity contribution in [2.45, 2.75) is 16.8 Å². The number of alkyl halides is 3. The van der Waals surface area contributed by atoms with E-state index in [4.69, 9.17) is 11.6 Å². The first-order valence-electron chi connectivity index (χ1n) is 9.46. The van der Waals surface area contributed by atoms with Gasteiger partial charge in [-0.2, -0.15) is 13.2 Å². The molecule has 0 fully saturated rings. The number of hydrogen-bond donors (Lipinski definition) is 2. The van der Waals surface area contributed by atoms with Crippen LogP contribution in [0, 0.1) is 0 Å². The largest absolute Gasteiger partial charge is 0.417 e. The molecule has 0 aliphatic carbocycles. The standard InChI is InChI=1S/C22H18ClF3N2O3S2/c23-20-11-8-17(12-19(20)22(24,25)26)28-33(30,31)18-9-6-16(7-10-18)27-21(29)14-32-13-15-4-2-1-3-5-15/h1-12,28H,13-14H2,(H,27,29). The molecule has 0 heterocycles. The molecule has 1 amide bonds. The lowest BCUT2D eigenvalue weighted by atomic mass is 10.2. The maximum Gasteiger partial charge on any atom is 0.417 e. The molecule has 0 aliphatic rings. The minimum Gasteiger partial charge on any atom is -0.325 e. The molecule has 33 heavy (non-hydrogen) atoms. The van der Waals surface area contributed by atoms with Gasteiger partial charge in [-0.05, 0) is 48.0 Å². The summed E-state index contributed by atoms with van der Waals surface area (Å²) in [7, 11) is -4.16. The van der Waals surface area contributed by atoms with Gasteiger partial charge in [-0.15, -0.1) is 11.8 Å². The van der Waals surface area contributed by atoms with E-state index >= 15 is 0 Å².